The number of benzene rings is 1. The van der Waals surface area contributed by atoms with E-state index < -0.39 is 0 Å². The summed E-state index contributed by atoms with van der Waals surface area (Å²) >= 11 is 0. The van der Waals surface area contributed by atoms with Crippen LogP contribution in [0.3, 0.4) is 0 Å². The summed E-state index contributed by atoms with van der Waals surface area (Å²) in [5, 5.41) is 4.12. The van der Waals surface area contributed by atoms with Crippen molar-refractivity contribution < 1.29 is 14.3 Å². The van der Waals surface area contributed by atoms with Gasteiger partial charge in [0.05, 0.1) is 5.71 Å². The van der Waals surface area contributed by atoms with Gasteiger partial charge in [0.2, 0.25) is 0 Å². The van der Waals surface area contributed by atoms with Gasteiger partial charge in [-0.1, -0.05) is 0 Å². The minimum Gasteiger partial charge on any atom is -0.486 e. The zero-order chi connectivity index (χ0) is 15.4. The summed E-state index contributed by atoms with van der Waals surface area (Å²) < 4.78 is 11.0. The van der Waals surface area contributed by atoms with Gasteiger partial charge in [-0.3, -0.25) is 9.78 Å². The summed E-state index contributed by atoms with van der Waals surface area (Å²) in [6.45, 7) is 2.91. The van der Waals surface area contributed by atoms with E-state index in [2.05, 4.69) is 15.5 Å². The van der Waals surface area contributed by atoms with Crippen LogP contribution in [0.15, 0.2) is 47.8 Å². The van der Waals surface area contributed by atoms with Gasteiger partial charge in [0.25, 0.3) is 5.91 Å². The van der Waals surface area contributed by atoms with E-state index in [9.17, 15) is 4.79 Å². The number of nitrogens with one attached hydrogen (secondary N) is 1. The smallest absolute Gasteiger partial charge is 0.271 e. The molecule has 1 N–H and O–H groups in total. The first-order valence-corrected chi connectivity index (χ1v) is 6.89. The van der Waals surface area contributed by atoms with E-state index in [1.807, 2.05) is 25.1 Å². The molecule has 0 aliphatic carbocycles. The Morgan fingerprint density at radius 3 is 2.59 bits per heavy atom. The number of hydrogen-bond acceptors (Lipinski definition) is 5. The normalized spacial score (nSPS) is 13.6. The number of ether oxygens (including phenoxy) is 2. The highest BCUT2D eigenvalue weighted by atomic mass is 16.6. The monoisotopic (exact) mass is 297 g/mol. The van der Waals surface area contributed by atoms with Crippen molar-refractivity contribution in [1.82, 2.24) is 10.4 Å². The Kier molecular flexibility index (Phi) is 4.00. The number of pyridine rings is 1. The molecule has 1 aromatic carbocycles. The first-order valence-electron chi connectivity index (χ1n) is 6.89. The maximum atomic E-state index is 11.9. The second-order valence-electron chi connectivity index (χ2n) is 4.73. The largest absolute Gasteiger partial charge is 0.486 e. The fourth-order valence-electron chi connectivity index (χ4n) is 2.04. The summed E-state index contributed by atoms with van der Waals surface area (Å²) in [7, 11) is 0. The number of hydrogen-bond donors (Lipinski definition) is 1. The molecule has 0 unspecified atom stereocenters. The molecule has 6 nitrogen and oxygen atoms in total. The Morgan fingerprint density at radius 2 is 1.82 bits per heavy atom. The molecule has 2 aromatic rings. The van der Waals surface area contributed by atoms with Crippen LogP contribution in [0.25, 0.3) is 0 Å². The van der Waals surface area contributed by atoms with Crippen LogP contribution in [-0.4, -0.2) is 29.8 Å². The third-order valence-electron chi connectivity index (χ3n) is 3.23. The molecular formula is C16H15N3O3. The second kappa shape index (κ2) is 6.26. The molecule has 0 fully saturated rings. The van der Waals surface area contributed by atoms with Gasteiger partial charge in [-0.2, -0.15) is 5.10 Å². The highest BCUT2D eigenvalue weighted by molar-refractivity contribution is 6.01. The Labute approximate surface area is 127 Å². The van der Waals surface area contributed by atoms with Crippen molar-refractivity contribution >= 4 is 11.6 Å². The van der Waals surface area contributed by atoms with Gasteiger partial charge >= 0.3 is 0 Å². The predicted octanol–water partition coefficient (Wildman–Crippen LogP) is 2.01. The van der Waals surface area contributed by atoms with Crippen LogP contribution in [0.5, 0.6) is 11.5 Å². The number of hydrazone groups is 1. The van der Waals surface area contributed by atoms with Crippen molar-refractivity contribution in [1.29, 1.82) is 0 Å². The molecule has 1 aromatic heterocycles. The molecule has 1 amide bonds. The first-order chi connectivity index (χ1) is 10.7. The molecule has 0 spiro atoms. The molecule has 112 valence electrons. The standard InChI is InChI=1S/C16H15N3O3/c1-11(18-19-16(20)12-4-6-17-7-5-12)13-2-3-14-15(10-13)22-9-8-21-14/h2-7,10H,8-9H2,1H3,(H,19,20)/b18-11-. The lowest BCUT2D eigenvalue weighted by Crippen LogP contribution is -2.19. The van der Waals surface area contributed by atoms with E-state index in [-0.39, 0.29) is 5.91 Å². The molecule has 2 heterocycles. The Morgan fingerprint density at radius 1 is 1.09 bits per heavy atom. The quantitative estimate of drug-likeness (QED) is 0.695. The third-order valence-corrected chi connectivity index (χ3v) is 3.23. The molecule has 1 aliphatic heterocycles. The van der Waals surface area contributed by atoms with E-state index >= 15 is 0 Å². The van der Waals surface area contributed by atoms with Gasteiger partial charge in [0.1, 0.15) is 13.2 Å². The zero-order valence-corrected chi connectivity index (χ0v) is 12.1. The van der Waals surface area contributed by atoms with Crippen molar-refractivity contribution in [3.8, 4) is 11.5 Å². The van der Waals surface area contributed by atoms with E-state index in [0.717, 1.165) is 11.3 Å². The Hall–Kier alpha value is -2.89. The highest BCUT2D eigenvalue weighted by Gasteiger charge is 2.12. The molecule has 3 rings (SSSR count). The van der Waals surface area contributed by atoms with Crippen LogP contribution < -0.4 is 14.9 Å². The Bertz CT molecular complexity index is 714. The summed E-state index contributed by atoms with van der Waals surface area (Å²) in [4.78, 5) is 15.8. The fraction of sp³-hybridized carbons (Fsp3) is 0.188. The van der Waals surface area contributed by atoms with Crippen LogP contribution in [0.1, 0.15) is 22.8 Å². The second-order valence-corrected chi connectivity index (χ2v) is 4.73. The number of amides is 1. The summed E-state index contributed by atoms with van der Waals surface area (Å²) in [6, 6.07) is 8.83. The van der Waals surface area contributed by atoms with Crippen molar-refractivity contribution in [3.05, 3.63) is 53.9 Å². The molecule has 22 heavy (non-hydrogen) atoms. The van der Waals surface area contributed by atoms with Gasteiger partial charge in [0, 0.05) is 23.5 Å². The van der Waals surface area contributed by atoms with Crippen molar-refractivity contribution in [2.75, 3.05) is 13.2 Å². The number of fused-ring (bicyclic) bond motifs is 1. The van der Waals surface area contributed by atoms with Gasteiger partial charge in [-0.15, -0.1) is 0 Å². The lowest BCUT2D eigenvalue weighted by molar-refractivity contribution is 0.0954. The molecule has 0 radical (unpaired) electrons. The molecule has 0 bridgehead atoms. The van der Waals surface area contributed by atoms with Crippen LogP contribution in [0.4, 0.5) is 0 Å². The highest BCUT2D eigenvalue weighted by Crippen LogP contribution is 2.30. The topological polar surface area (TPSA) is 72.8 Å². The minimum atomic E-state index is -0.278. The third kappa shape index (κ3) is 3.06. The van der Waals surface area contributed by atoms with E-state index in [1.165, 1.54) is 0 Å². The number of aromatic nitrogens is 1. The number of rotatable bonds is 3. The van der Waals surface area contributed by atoms with Crippen molar-refractivity contribution in [3.63, 3.8) is 0 Å². The molecule has 0 saturated carbocycles. The van der Waals surface area contributed by atoms with Crippen LogP contribution in [0.2, 0.25) is 0 Å². The molecule has 1 aliphatic rings. The fourth-order valence-corrected chi connectivity index (χ4v) is 2.04. The van der Waals surface area contributed by atoms with Gasteiger partial charge in [-0.05, 0) is 37.3 Å². The van der Waals surface area contributed by atoms with Crippen LogP contribution >= 0.6 is 0 Å². The lowest BCUT2D eigenvalue weighted by atomic mass is 10.1. The average molecular weight is 297 g/mol. The van der Waals surface area contributed by atoms with Crippen molar-refractivity contribution in [2.24, 2.45) is 5.10 Å². The van der Waals surface area contributed by atoms with Gasteiger partial charge in [-0.25, -0.2) is 5.43 Å². The van der Waals surface area contributed by atoms with E-state index in [1.54, 1.807) is 24.5 Å². The Balaban J connectivity index is 1.73. The van der Waals surface area contributed by atoms with Crippen molar-refractivity contribution in [2.45, 2.75) is 6.92 Å². The first kappa shape index (κ1) is 14.1. The molecule has 6 heteroatoms. The SMILES string of the molecule is C/C(=N/NC(=O)c1ccncc1)c1ccc2c(c1)OCCO2. The molecular weight excluding hydrogens is 282 g/mol. The maximum Gasteiger partial charge on any atom is 0.271 e. The molecule has 0 atom stereocenters. The van der Waals surface area contributed by atoms with Gasteiger partial charge < -0.3 is 9.47 Å². The van der Waals surface area contributed by atoms with Crippen LogP contribution in [-0.2, 0) is 0 Å². The number of nitrogens with zero attached hydrogens (tertiary/aromatic N) is 2. The van der Waals surface area contributed by atoms with Gasteiger partial charge in [0.15, 0.2) is 11.5 Å². The summed E-state index contributed by atoms with van der Waals surface area (Å²) in [5.41, 5.74) is 4.57. The minimum absolute atomic E-state index is 0.278. The predicted molar refractivity (Wildman–Crippen MR) is 81.3 cm³/mol. The number of carbonyl (C=O) groups is 1. The zero-order valence-electron chi connectivity index (χ0n) is 12.1. The average Bonchev–Trinajstić information content (AvgIpc) is 2.59. The number of carbonyl (C=O) groups excluding carboxylic acids is 1. The summed E-state index contributed by atoms with van der Waals surface area (Å²) in [6.07, 6.45) is 3.12. The molecule has 0 saturated heterocycles. The van der Waals surface area contributed by atoms with E-state index in [0.29, 0.717) is 30.2 Å². The maximum absolute atomic E-state index is 11.9. The van der Waals surface area contributed by atoms with Crippen LogP contribution in [0, 0.1) is 0 Å². The summed E-state index contributed by atoms with van der Waals surface area (Å²) in [5.74, 6) is 1.14. The van der Waals surface area contributed by atoms with E-state index in [4.69, 9.17) is 9.47 Å². The lowest BCUT2D eigenvalue weighted by Gasteiger charge is -2.18.